The highest BCUT2D eigenvalue weighted by molar-refractivity contribution is 9.10. The maximum absolute atomic E-state index is 13.2. The van der Waals surface area contributed by atoms with Gasteiger partial charge in [-0.05, 0) is 64.0 Å². The van der Waals surface area contributed by atoms with E-state index < -0.39 is 0 Å². The van der Waals surface area contributed by atoms with E-state index in [0.29, 0.717) is 17.3 Å². The smallest absolute Gasteiger partial charge is 0.175 e. The SMILES string of the molecule is Fc1cccc(NC(=S)Nc2cccc(Cn3cc(Br)cn3)c2)c1. The van der Waals surface area contributed by atoms with Crippen molar-refractivity contribution < 1.29 is 4.39 Å². The fraction of sp³-hybridized carbons (Fsp3) is 0.0588. The predicted octanol–water partition coefficient (Wildman–Crippen LogP) is 4.64. The van der Waals surface area contributed by atoms with Crippen molar-refractivity contribution in [1.29, 1.82) is 0 Å². The van der Waals surface area contributed by atoms with Crippen LogP contribution in [-0.4, -0.2) is 14.9 Å². The molecule has 0 bridgehead atoms. The second-order valence-electron chi connectivity index (χ2n) is 5.15. The minimum Gasteiger partial charge on any atom is -0.332 e. The molecule has 0 fully saturated rings. The lowest BCUT2D eigenvalue weighted by Crippen LogP contribution is -2.19. The van der Waals surface area contributed by atoms with Crippen LogP contribution in [0.3, 0.4) is 0 Å². The summed E-state index contributed by atoms with van der Waals surface area (Å²) in [6, 6.07) is 14.0. The minimum atomic E-state index is -0.310. The van der Waals surface area contributed by atoms with E-state index in [-0.39, 0.29) is 5.82 Å². The fourth-order valence-corrected chi connectivity index (χ4v) is 2.78. The van der Waals surface area contributed by atoms with Crippen LogP contribution >= 0.6 is 28.1 Å². The van der Waals surface area contributed by atoms with Gasteiger partial charge in [-0.2, -0.15) is 5.10 Å². The van der Waals surface area contributed by atoms with Crippen LogP contribution in [0.2, 0.25) is 0 Å². The standard InChI is InChI=1S/C17H14BrFN4S/c18-13-9-20-23(11-13)10-12-3-1-5-15(7-12)21-17(24)22-16-6-2-4-14(19)8-16/h1-9,11H,10H2,(H2,21,22,24). The van der Waals surface area contributed by atoms with Gasteiger partial charge in [0.2, 0.25) is 0 Å². The molecule has 4 nitrogen and oxygen atoms in total. The quantitative estimate of drug-likeness (QED) is 0.621. The summed E-state index contributed by atoms with van der Waals surface area (Å²) in [7, 11) is 0. The molecule has 0 unspecified atom stereocenters. The number of nitrogens with zero attached hydrogens (tertiary/aromatic N) is 2. The third-order valence-electron chi connectivity index (χ3n) is 3.21. The van der Waals surface area contributed by atoms with E-state index in [9.17, 15) is 4.39 Å². The number of hydrogen-bond acceptors (Lipinski definition) is 2. The van der Waals surface area contributed by atoms with E-state index in [1.807, 2.05) is 35.1 Å². The molecule has 0 radical (unpaired) electrons. The Morgan fingerprint density at radius 1 is 1.12 bits per heavy atom. The Bertz CT molecular complexity index is 865. The Hall–Kier alpha value is -2.25. The molecule has 2 aromatic carbocycles. The van der Waals surface area contributed by atoms with Crippen molar-refractivity contribution in [2.75, 3.05) is 10.6 Å². The second-order valence-corrected chi connectivity index (χ2v) is 6.47. The van der Waals surface area contributed by atoms with Crippen molar-refractivity contribution in [1.82, 2.24) is 9.78 Å². The molecule has 3 rings (SSSR count). The molecule has 7 heteroatoms. The van der Waals surface area contributed by atoms with Gasteiger partial charge >= 0.3 is 0 Å². The summed E-state index contributed by atoms with van der Waals surface area (Å²) in [5.74, 6) is -0.310. The molecule has 24 heavy (non-hydrogen) atoms. The van der Waals surface area contributed by atoms with Crippen LogP contribution in [0.5, 0.6) is 0 Å². The first-order chi connectivity index (χ1) is 11.6. The molecule has 0 spiro atoms. The minimum absolute atomic E-state index is 0.310. The van der Waals surface area contributed by atoms with Crippen LogP contribution in [-0.2, 0) is 6.54 Å². The van der Waals surface area contributed by atoms with Gasteiger partial charge in [0.1, 0.15) is 5.82 Å². The maximum atomic E-state index is 13.2. The number of nitrogens with one attached hydrogen (secondary N) is 2. The van der Waals surface area contributed by atoms with Gasteiger partial charge in [0.25, 0.3) is 0 Å². The maximum Gasteiger partial charge on any atom is 0.175 e. The first-order valence-corrected chi connectivity index (χ1v) is 8.39. The molecule has 1 aromatic heterocycles. The van der Waals surface area contributed by atoms with Gasteiger partial charge < -0.3 is 10.6 Å². The summed E-state index contributed by atoms with van der Waals surface area (Å²) in [5, 5.41) is 10.7. The molecule has 122 valence electrons. The molecule has 0 atom stereocenters. The summed E-state index contributed by atoms with van der Waals surface area (Å²) >= 11 is 8.65. The van der Waals surface area contributed by atoms with E-state index in [2.05, 4.69) is 31.7 Å². The van der Waals surface area contributed by atoms with Gasteiger partial charge in [-0.3, -0.25) is 4.68 Å². The molecule has 0 aliphatic rings. The van der Waals surface area contributed by atoms with E-state index in [1.54, 1.807) is 18.3 Å². The third kappa shape index (κ3) is 4.62. The van der Waals surface area contributed by atoms with E-state index in [4.69, 9.17) is 12.2 Å². The largest absolute Gasteiger partial charge is 0.332 e. The van der Waals surface area contributed by atoms with Crippen molar-refractivity contribution in [3.05, 3.63) is 76.8 Å². The van der Waals surface area contributed by atoms with E-state index >= 15 is 0 Å². The first kappa shape index (κ1) is 16.6. The molecule has 0 saturated carbocycles. The molecule has 2 N–H and O–H groups in total. The highest BCUT2D eigenvalue weighted by Crippen LogP contribution is 2.15. The van der Waals surface area contributed by atoms with Gasteiger partial charge in [-0.15, -0.1) is 0 Å². The van der Waals surface area contributed by atoms with Gasteiger partial charge in [0, 0.05) is 17.6 Å². The van der Waals surface area contributed by atoms with Gasteiger partial charge in [0.05, 0.1) is 17.2 Å². The number of thiocarbonyl (C=S) groups is 1. The number of rotatable bonds is 4. The van der Waals surface area contributed by atoms with Gasteiger partial charge in [-0.25, -0.2) is 4.39 Å². The Balaban J connectivity index is 1.64. The first-order valence-electron chi connectivity index (χ1n) is 7.19. The molecular weight excluding hydrogens is 391 g/mol. The summed E-state index contributed by atoms with van der Waals surface area (Å²) in [6.07, 6.45) is 3.66. The number of benzene rings is 2. The molecular formula is C17H14BrFN4S. The van der Waals surface area contributed by atoms with Gasteiger partial charge in [0.15, 0.2) is 5.11 Å². The average molecular weight is 405 g/mol. The lowest BCUT2D eigenvalue weighted by atomic mass is 10.2. The molecule has 1 heterocycles. The number of anilines is 2. The highest BCUT2D eigenvalue weighted by atomic mass is 79.9. The lowest BCUT2D eigenvalue weighted by Gasteiger charge is -2.12. The van der Waals surface area contributed by atoms with Crippen LogP contribution in [0.1, 0.15) is 5.56 Å². The zero-order valence-electron chi connectivity index (χ0n) is 12.5. The second kappa shape index (κ2) is 7.55. The number of hydrogen-bond donors (Lipinski definition) is 2. The van der Waals surface area contributed by atoms with Crippen LogP contribution in [0.25, 0.3) is 0 Å². The normalized spacial score (nSPS) is 10.4. The molecule has 0 aliphatic heterocycles. The zero-order valence-corrected chi connectivity index (χ0v) is 14.9. The van der Waals surface area contributed by atoms with E-state index in [1.165, 1.54) is 12.1 Å². The summed E-state index contributed by atoms with van der Waals surface area (Å²) < 4.78 is 16.0. The number of halogens is 2. The molecule has 0 saturated heterocycles. The molecule has 0 amide bonds. The molecule has 0 aliphatic carbocycles. The van der Waals surface area contributed by atoms with Crippen LogP contribution in [0.4, 0.5) is 15.8 Å². The highest BCUT2D eigenvalue weighted by Gasteiger charge is 2.03. The van der Waals surface area contributed by atoms with Crippen LogP contribution in [0.15, 0.2) is 65.4 Å². The van der Waals surface area contributed by atoms with Crippen molar-refractivity contribution >= 4 is 44.6 Å². The Morgan fingerprint density at radius 2 is 1.83 bits per heavy atom. The summed E-state index contributed by atoms with van der Waals surface area (Å²) in [6.45, 7) is 0.658. The number of aromatic nitrogens is 2. The average Bonchev–Trinajstić information content (AvgIpc) is 2.92. The van der Waals surface area contributed by atoms with Gasteiger partial charge in [-0.1, -0.05) is 18.2 Å². The summed E-state index contributed by atoms with van der Waals surface area (Å²) in [5.41, 5.74) is 2.54. The van der Waals surface area contributed by atoms with Crippen molar-refractivity contribution in [2.24, 2.45) is 0 Å². The molecule has 3 aromatic rings. The van der Waals surface area contributed by atoms with Crippen LogP contribution in [0, 0.1) is 5.82 Å². The fourth-order valence-electron chi connectivity index (χ4n) is 2.22. The van der Waals surface area contributed by atoms with Crippen LogP contribution < -0.4 is 10.6 Å². The Kier molecular flexibility index (Phi) is 5.22. The third-order valence-corrected chi connectivity index (χ3v) is 3.83. The van der Waals surface area contributed by atoms with Crippen molar-refractivity contribution in [3.8, 4) is 0 Å². The lowest BCUT2D eigenvalue weighted by molar-refractivity contribution is 0.628. The van der Waals surface area contributed by atoms with Crippen molar-refractivity contribution in [3.63, 3.8) is 0 Å². The van der Waals surface area contributed by atoms with Crippen molar-refractivity contribution in [2.45, 2.75) is 6.54 Å². The zero-order chi connectivity index (χ0) is 16.9. The topological polar surface area (TPSA) is 41.9 Å². The Morgan fingerprint density at radius 3 is 2.50 bits per heavy atom. The predicted molar refractivity (Wildman–Crippen MR) is 102 cm³/mol. The van der Waals surface area contributed by atoms with E-state index in [0.717, 1.165) is 15.7 Å². The Labute approximate surface area is 152 Å². The monoisotopic (exact) mass is 404 g/mol. The summed E-state index contributed by atoms with van der Waals surface area (Å²) in [4.78, 5) is 0.